The number of carbonyl (C=O) groups excluding carboxylic acids is 2. The van der Waals surface area contributed by atoms with Crippen LogP contribution in [0.2, 0.25) is 0 Å². The normalized spacial score (nSPS) is 26.3. The van der Waals surface area contributed by atoms with Gasteiger partial charge in [0.05, 0.1) is 22.8 Å². The Morgan fingerprint density at radius 3 is 2.83 bits per heavy atom. The van der Waals surface area contributed by atoms with Crippen molar-refractivity contribution in [2.24, 2.45) is 17.8 Å². The molecular weight excluding hydrogens is 390 g/mol. The minimum Gasteiger partial charge on any atom is -0.446 e. The second kappa shape index (κ2) is 7.91. The second-order valence-electron chi connectivity index (χ2n) is 8.16. The highest BCUT2D eigenvalue weighted by molar-refractivity contribution is 7.20. The molecule has 1 unspecified atom stereocenters. The van der Waals surface area contributed by atoms with Gasteiger partial charge in [-0.25, -0.2) is 4.79 Å². The first-order valence-electron chi connectivity index (χ1n) is 10.3. The Kier molecular flexibility index (Phi) is 5.13. The van der Waals surface area contributed by atoms with E-state index in [1.54, 1.807) is 12.4 Å². The molecule has 0 aromatic carbocycles. The van der Waals surface area contributed by atoms with Gasteiger partial charge in [0.1, 0.15) is 6.10 Å². The molecule has 0 radical (unpaired) electrons. The van der Waals surface area contributed by atoms with E-state index in [1.165, 1.54) is 11.3 Å². The average Bonchev–Trinajstić information content (AvgIpc) is 3.11. The smallest absolute Gasteiger partial charge is 0.410 e. The van der Waals surface area contributed by atoms with Crippen LogP contribution in [0.4, 0.5) is 4.79 Å². The van der Waals surface area contributed by atoms with E-state index < -0.39 is 0 Å². The first-order chi connectivity index (χ1) is 14.2. The van der Waals surface area contributed by atoms with E-state index in [9.17, 15) is 9.59 Å². The number of nitrogens with zero attached hydrogens (tertiary/aromatic N) is 2. The molecule has 2 saturated heterocycles. The topological polar surface area (TPSA) is 80.8 Å². The number of ether oxygens (including phenoxy) is 2. The molecular formula is C21H25N3O4S. The maximum Gasteiger partial charge on any atom is 0.410 e. The monoisotopic (exact) mass is 415 g/mol. The summed E-state index contributed by atoms with van der Waals surface area (Å²) in [7, 11) is 0. The van der Waals surface area contributed by atoms with Crippen LogP contribution in [-0.2, 0) is 9.47 Å². The van der Waals surface area contributed by atoms with E-state index in [1.807, 2.05) is 17.0 Å². The number of likely N-dealkylation sites (tertiary alicyclic amines) is 1. The van der Waals surface area contributed by atoms with Crippen LogP contribution in [0, 0.1) is 17.8 Å². The van der Waals surface area contributed by atoms with Crippen LogP contribution in [0.5, 0.6) is 0 Å². The maximum absolute atomic E-state index is 12.4. The van der Waals surface area contributed by atoms with Gasteiger partial charge in [-0.05, 0) is 41.7 Å². The van der Waals surface area contributed by atoms with Crippen LogP contribution in [0.1, 0.15) is 28.9 Å². The number of hydrogen-bond acceptors (Lipinski definition) is 6. The SMILES string of the molecule is O=C(NCCC1[C@H]2CN(C(=O)OC3CCOCC3)C[C@@H]12)c1cc2ccncc2s1. The predicted octanol–water partition coefficient (Wildman–Crippen LogP) is 2.91. The van der Waals surface area contributed by atoms with Gasteiger partial charge in [-0.15, -0.1) is 11.3 Å². The molecule has 3 atom stereocenters. The zero-order valence-corrected chi connectivity index (χ0v) is 17.0. The van der Waals surface area contributed by atoms with Crippen molar-refractivity contribution >= 4 is 33.4 Å². The highest BCUT2D eigenvalue weighted by atomic mass is 32.1. The highest BCUT2D eigenvalue weighted by Crippen LogP contribution is 2.53. The number of carbonyl (C=O) groups is 2. The molecule has 8 heteroatoms. The molecule has 1 aliphatic carbocycles. The molecule has 2 aromatic heterocycles. The van der Waals surface area contributed by atoms with E-state index in [0.29, 0.717) is 37.5 Å². The molecule has 7 nitrogen and oxygen atoms in total. The Bertz CT molecular complexity index is 865. The fourth-order valence-corrected chi connectivity index (χ4v) is 5.62. The molecule has 4 heterocycles. The quantitative estimate of drug-likeness (QED) is 0.812. The summed E-state index contributed by atoms with van der Waals surface area (Å²) in [4.78, 5) is 31.4. The van der Waals surface area contributed by atoms with Gasteiger partial charge in [0, 0.05) is 44.9 Å². The third-order valence-electron chi connectivity index (χ3n) is 6.38. The van der Waals surface area contributed by atoms with E-state index in [-0.39, 0.29) is 18.1 Å². The summed E-state index contributed by atoms with van der Waals surface area (Å²) in [6.45, 7) is 3.60. The zero-order chi connectivity index (χ0) is 19.8. The maximum atomic E-state index is 12.4. The molecule has 154 valence electrons. The van der Waals surface area contributed by atoms with Crippen molar-refractivity contribution in [3.05, 3.63) is 29.4 Å². The third-order valence-corrected chi connectivity index (χ3v) is 7.46. The summed E-state index contributed by atoms with van der Waals surface area (Å²) < 4.78 is 11.9. The van der Waals surface area contributed by atoms with Gasteiger partial charge < -0.3 is 19.7 Å². The van der Waals surface area contributed by atoms with Crippen LogP contribution in [-0.4, -0.2) is 60.8 Å². The number of pyridine rings is 1. The first-order valence-corrected chi connectivity index (χ1v) is 11.2. The van der Waals surface area contributed by atoms with Crippen molar-refractivity contribution in [2.45, 2.75) is 25.4 Å². The summed E-state index contributed by atoms with van der Waals surface area (Å²) >= 11 is 1.47. The first kappa shape index (κ1) is 18.8. The highest BCUT2D eigenvalue weighted by Gasteiger charge is 2.56. The lowest BCUT2D eigenvalue weighted by atomic mass is 10.1. The van der Waals surface area contributed by atoms with Gasteiger partial charge in [0.25, 0.3) is 5.91 Å². The van der Waals surface area contributed by atoms with E-state index in [2.05, 4.69) is 10.3 Å². The summed E-state index contributed by atoms with van der Waals surface area (Å²) in [5, 5.41) is 4.10. The summed E-state index contributed by atoms with van der Waals surface area (Å²) in [6.07, 6.45) is 5.93. The Labute approximate surface area is 173 Å². The molecule has 0 bridgehead atoms. The molecule has 2 amide bonds. The second-order valence-corrected chi connectivity index (χ2v) is 9.24. The van der Waals surface area contributed by atoms with Gasteiger partial charge in [0.2, 0.25) is 0 Å². The fourth-order valence-electron chi connectivity index (χ4n) is 4.67. The number of aromatic nitrogens is 1. The average molecular weight is 416 g/mol. The number of thiophene rings is 1. The van der Waals surface area contributed by atoms with Crippen molar-refractivity contribution in [2.75, 3.05) is 32.8 Å². The summed E-state index contributed by atoms with van der Waals surface area (Å²) in [6, 6.07) is 3.84. The zero-order valence-electron chi connectivity index (χ0n) is 16.2. The van der Waals surface area contributed by atoms with Gasteiger partial charge in [-0.1, -0.05) is 0 Å². The lowest BCUT2D eigenvalue weighted by Crippen LogP contribution is -2.36. The molecule has 2 aromatic rings. The summed E-state index contributed by atoms with van der Waals surface area (Å²) in [5.74, 6) is 1.71. The number of amides is 2. The Hall–Kier alpha value is -2.19. The lowest BCUT2D eigenvalue weighted by Gasteiger charge is -2.26. The van der Waals surface area contributed by atoms with E-state index in [4.69, 9.17) is 9.47 Å². The van der Waals surface area contributed by atoms with Gasteiger partial charge in [0.15, 0.2) is 0 Å². The van der Waals surface area contributed by atoms with Crippen molar-refractivity contribution in [3.8, 4) is 0 Å². The third kappa shape index (κ3) is 3.96. The van der Waals surface area contributed by atoms with Crippen LogP contribution in [0.3, 0.4) is 0 Å². The van der Waals surface area contributed by atoms with Gasteiger partial charge in [-0.3, -0.25) is 9.78 Å². The van der Waals surface area contributed by atoms with Crippen molar-refractivity contribution < 1.29 is 19.1 Å². The molecule has 1 saturated carbocycles. The van der Waals surface area contributed by atoms with Crippen LogP contribution < -0.4 is 5.32 Å². The standard InChI is InChI=1S/C21H25N3O4S/c25-20(18-9-13-1-5-22-10-19(13)29-18)23-6-2-15-16-11-24(12-17(15)16)21(26)28-14-3-7-27-8-4-14/h1,5,9-10,14-17H,2-4,6-8,11-12H2,(H,23,25)/t15?,16-,17+. The van der Waals surface area contributed by atoms with Crippen LogP contribution in [0.15, 0.2) is 24.5 Å². The van der Waals surface area contributed by atoms with E-state index in [0.717, 1.165) is 47.3 Å². The minimum absolute atomic E-state index is 0.00358. The largest absolute Gasteiger partial charge is 0.446 e. The van der Waals surface area contributed by atoms with Gasteiger partial charge >= 0.3 is 6.09 Å². The Balaban J connectivity index is 1.04. The Morgan fingerprint density at radius 1 is 1.28 bits per heavy atom. The molecule has 0 spiro atoms. The van der Waals surface area contributed by atoms with Crippen molar-refractivity contribution in [1.29, 1.82) is 0 Å². The number of rotatable bonds is 5. The van der Waals surface area contributed by atoms with E-state index >= 15 is 0 Å². The Morgan fingerprint density at radius 2 is 2.07 bits per heavy atom. The van der Waals surface area contributed by atoms with Crippen molar-refractivity contribution in [3.63, 3.8) is 0 Å². The molecule has 3 fully saturated rings. The fraction of sp³-hybridized carbons (Fsp3) is 0.571. The van der Waals surface area contributed by atoms with Crippen molar-refractivity contribution in [1.82, 2.24) is 15.2 Å². The molecule has 2 aliphatic heterocycles. The number of piperidine rings is 1. The molecule has 1 N–H and O–H groups in total. The van der Waals surface area contributed by atoms with Gasteiger partial charge in [-0.2, -0.15) is 0 Å². The lowest BCUT2D eigenvalue weighted by molar-refractivity contribution is -0.00949. The molecule has 5 rings (SSSR count). The molecule has 3 aliphatic rings. The predicted molar refractivity (Wildman–Crippen MR) is 109 cm³/mol. The minimum atomic E-state index is -0.171. The number of nitrogens with one attached hydrogen (secondary N) is 1. The number of fused-ring (bicyclic) bond motifs is 2. The molecule has 29 heavy (non-hydrogen) atoms. The van der Waals surface area contributed by atoms with Crippen LogP contribution >= 0.6 is 11.3 Å². The number of hydrogen-bond donors (Lipinski definition) is 1. The van der Waals surface area contributed by atoms with Crippen LogP contribution in [0.25, 0.3) is 10.1 Å². The summed E-state index contributed by atoms with van der Waals surface area (Å²) in [5.41, 5.74) is 0.